The maximum absolute atomic E-state index is 11.0. The minimum atomic E-state index is -1.11. The quantitative estimate of drug-likeness (QED) is 0.819. The molecule has 0 fully saturated rings. The number of carbonyl (C=O) groups is 1. The van der Waals surface area contributed by atoms with E-state index in [1.807, 2.05) is 31.2 Å². The van der Waals surface area contributed by atoms with Crippen molar-refractivity contribution in [2.75, 3.05) is 6.61 Å². The van der Waals surface area contributed by atoms with Crippen molar-refractivity contribution in [1.82, 2.24) is 0 Å². The summed E-state index contributed by atoms with van der Waals surface area (Å²) in [6.07, 6.45) is 2.49. The molecule has 0 unspecified atom stereocenters. The second-order valence-corrected chi connectivity index (χ2v) is 5.05. The van der Waals surface area contributed by atoms with Crippen molar-refractivity contribution in [2.24, 2.45) is 0 Å². The van der Waals surface area contributed by atoms with Crippen LogP contribution in [-0.4, -0.2) is 22.8 Å². The normalized spacial score (nSPS) is 10.4. The summed E-state index contributed by atoms with van der Waals surface area (Å²) in [5, 5.41) is 18.5. The fourth-order valence-corrected chi connectivity index (χ4v) is 2.40. The van der Waals surface area contributed by atoms with Gasteiger partial charge in [0.15, 0.2) is 0 Å². The third kappa shape index (κ3) is 4.01. The number of hydrogen-bond acceptors (Lipinski definition) is 3. The van der Waals surface area contributed by atoms with Gasteiger partial charge in [-0.05, 0) is 55.5 Å². The lowest BCUT2D eigenvalue weighted by molar-refractivity contribution is 0.0693. The molecule has 0 aliphatic rings. The van der Waals surface area contributed by atoms with Gasteiger partial charge in [-0.1, -0.05) is 24.3 Å². The molecule has 4 heteroatoms. The first kappa shape index (κ1) is 15.9. The van der Waals surface area contributed by atoms with Crippen LogP contribution in [0.1, 0.15) is 34.8 Å². The lowest BCUT2D eigenvalue weighted by Gasteiger charge is -2.10. The monoisotopic (exact) mass is 300 g/mol. The topological polar surface area (TPSA) is 66.8 Å². The summed E-state index contributed by atoms with van der Waals surface area (Å²) in [7, 11) is 0. The molecule has 0 aliphatic carbocycles. The van der Waals surface area contributed by atoms with E-state index >= 15 is 0 Å². The van der Waals surface area contributed by atoms with Crippen LogP contribution >= 0.6 is 0 Å². The molecule has 0 aromatic heterocycles. The van der Waals surface area contributed by atoms with Crippen LogP contribution in [0.2, 0.25) is 0 Å². The Balaban J connectivity index is 2.00. The van der Waals surface area contributed by atoms with Crippen LogP contribution in [0.4, 0.5) is 0 Å². The van der Waals surface area contributed by atoms with Gasteiger partial charge in [0, 0.05) is 0 Å². The minimum absolute atomic E-state index is 0.0489. The van der Waals surface area contributed by atoms with Gasteiger partial charge in [-0.3, -0.25) is 0 Å². The summed E-state index contributed by atoms with van der Waals surface area (Å²) in [5.74, 6) is -0.402. The van der Waals surface area contributed by atoms with Gasteiger partial charge in [-0.15, -0.1) is 0 Å². The number of benzene rings is 2. The number of carboxylic acids is 1. The molecule has 0 bridgehead atoms. The molecule has 0 saturated carbocycles. The summed E-state index contributed by atoms with van der Waals surface area (Å²) < 4.78 is 5.60. The fourth-order valence-electron chi connectivity index (χ4n) is 2.40. The highest BCUT2D eigenvalue weighted by molar-refractivity contribution is 5.90. The molecular weight excluding hydrogens is 280 g/mol. The Morgan fingerprint density at radius 3 is 2.64 bits per heavy atom. The first-order chi connectivity index (χ1) is 10.6. The maximum Gasteiger partial charge on any atom is 0.339 e. The molecule has 4 nitrogen and oxygen atoms in total. The number of aromatic hydroxyl groups is 1. The Morgan fingerprint density at radius 1 is 1.14 bits per heavy atom. The Bertz CT molecular complexity index is 649. The van der Waals surface area contributed by atoms with Crippen LogP contribution in [0.5, 0.6) is 11.5 Å². The largest absolute Gasteiger partial charge is 0.507 e. The van der Waals surface area contributed by atoms with Gasteiger partial charge in [-0.25, -0.2) is 4.79 Å². The van der Waals surface area contributed by atoms with Crippen LogP contribution < -0.4 is 4.74 Å². The summed E-state index contributed by atoms with van der Waals surface area (Å²) in [6, 6.07) is 12.7. The maximum atomic E-state index is 11.0. The van der Waals surface area contributed by atoms with Crippen molar-refractivity contribution >= 4 is 5.97 Å². The molecule has 0 heterocycles. The number of aromatic carboxylic acids is 1. The molecule has 0 amide bonds. The number of rotatable bonds is 7. The number of para-hydroxylation sites is 1. The second kappa shape index (κ2) is 7.50. The number of ether oxygens (including phenoxy) is 1. The van der Waals surface area contributed by atoms with Gasteiger partial charge < -0.3 is 14.9 Å². The van der Waals surface area contributed by atoms with Crippen molar-refractivity contribution in [3.63, 3.8) is 0 Å². The predicted molar refractivity (Wildman–Crippen MR) is 84.7 cm³/mol. The lowest BCUT2D eigenvalue weighted by Crippen LogP contribution is -2.00. The van der Waals surface area contributed by atoms with Crippen LogP contribution in [0.15, 0.2) is 42.5 Å². The number of aryl methyl sites for hydroxylation is 2. The van der Waals surface area contributed by atoms with Crippen LogP contribution in [0, 0.1) is 0 Å². The molecule has 2 aromatic carbocycles. The Kier molecular flexibility index (Phi) is 5.42. The number of carboxylic acid groups (broad SMARTS) is 1. The van der Waals surface area contributed by atoms with Crippen molar-refractivity contribution in [3.8, 4) is 11.5 Å². The Morgan fingerprint density at radius 2 is 1.91 bits per heavy atom. The number of hydrogen-bond donors (Lipinski definition) is 2. The molecule has 22 heavy (non-hydrogen) atoms. The lowest BCUT2D eigenvalue weighted by atomic mass is 10.0. The summed E-state index contributed by atoms with van der Waals surface area (Å²) >= 11 is 0. The van der Waals surface area contributed by atoms with Gasteiger partial charge in [-0.2, -0.15) is 0 Å². The van der Waals surface area contributed by atoms with Gasteiger partial charge in [0.25, 0.3) is 0 Å². The van der Waals surface area contributed by atoms with E-state index in [2.05, 4.69) is 0 Å². The van der Waals surface area contributed by atoms with E-state index in [0.29, 0.717) is 6.61 Å². The van der Waals surface area contributed by atoms with Gasteiger partial charge in [0.1, 0.15) is 17.1 Å². The summed E-state index contributed by atoms with van der Waals surface area (Å²) in [6.45, 7) is 2.59. The van der Waals surface area contributed by atoms with E-state index in [1.165, 1.54) is 12.1 Å². The molecular formula is C18H20O4. The molecule has 0 aliphatic heterocycles. The van der Waals surface area contributed by atoms with E-state index in [1.54, 1.807) is 6.07 Å². The molecule has 0 saturated heterocycles. The molecule has 0 atom stereocenters. The third-order valence-corrected chi connectivity index (χ3v) is 3.48. The predicted octanol–water partition coefficient (Wildman–Crippen LogP) is 3.66. The first-order valence-electron chi connectivity index (χ1n) is 7.37. The first-order valence-corrected chi connectivity index (χ1v) is 7.37. The highest BCUT2D eigenvalue weighted by Gasteiger charge is 2.10. The van der Waals surface area contributed by atoms with Crippen LogP contribution in [-0.2, 0) is 12.8 Å². The summed E-state index contributed by atoms with van der Waals surface area (Å²) in [5.41, 5.74) is 2.01. The SMILES string of the molecule is CCOc1ccccc1CCCc1ccc(O)c(C(=O)O)c1. The van der Waals surface area contributed by atoms with E-state index < -0.39 is 5.97 Å². The van der Waals surface area contributed by atoms with Gasteiger partial charge in [0.2, 0.25) is 0 Å². The van der Waals surface area contributed by atoms with Gasteiger partial charge >= 0.3 is 5.97 Å². The molecule has 2 rings (SSSR count). The Labute approximate surface area is 130 Å². The van der Waals surface area contributed by atoms with Crippen LogP contribution in [0.3, 0.4) is 0 Å². The molecule has 2 aromatic rings. The van der Waals surface area contributed by atoms with Gasteiger partial charge in [0.05, 0.1) is 6.61 Å². The van der Waals surface area contributed by atoms with E-state index in [-0.39, 0.29) is 11.3 Å². The van der Waals surface area contributed by atoms with Crippen molar-refractivity contribution in [3.05, 3.63) is 59.2 Å². The highest BCUT2D eigenvalue weighted by Crippen LogP contribution is 2.22. The molecule has 0 radical (unpaired) electrons. The molecule has 116 valence electrons. The molecule has 2 N–H and O–H groups in total. The van der Waals surface area contributed by atoms with Crippen LogP contribution in [0.25, 0.3) is 0 Å². The zero-order valence-corrected chi connectivity index (χ0v) is 12.6. The number of phenols is 1. The van der Waals surface area contributed by atoms with Crippen molar-refractivity contribution in [2.45, 2.75) is 26.2 Å². The van der Waals surface area contributed by atoms with E-state index in [4.69, 9.17) is 9.84 Å². The van der Waals surface area contributed by atoms with Crippen molar-refractivity contribution in [1.29, 1.82) is 0 Å². The third-order valence-electron chi connectivity index (χ3n) is 3.48. The zero-order chi connectivity index (χ0) is 15.9. The summed E-state index contributed by atoms with van der Waals surface area (Å²) in [4.78, 5) is 11.0. The second-order valence-electron chi connectivity index (χ2n) is 5.05. The smallest absolute Gasteiger partial charge is 0.339 e. The zero-order valence-electron chi connectivity index (χ0n) is 12.6. The van der Waals surface area contributed by atoms with E-state index in [9.17, 15) is 9.90 Å². The fraction of sp³-hybridized carbons (Fsp3) is 0.278. The average Bonchev–Trinajstić information content (AvgIpc) is 2.50. The minimum Gasteiger partial charge on any atom is -0.507 e. The van der Waals surface area contributed by atoms with Crippen molar-refractivity contribution < 1.29 is 19.7 Å². The van der Waals surface area contributed by atoms with E-state index in [0.717, 1.165) is 36.1 Å². The highest BCUT2D eigenvalue weighted by atomic mass is 16.5. The average molecular weight is 300 g/mol. The standard InChI is InChI=1S/C18H20O4/c1-2-22-17-9-4-3-7-14(17)8-5-6-13-10-11-16(19)15(12-13)18(20)21/h3-4,7,9-12,19H,2,5-6,8H2,1H3,(H,20,21). The molecule has 0 spiro atoms. The Hall–Kier alpha value is -2.49.